The molecule has 0 unspecified atom stereocenters. The van der Waals surface area contributed by atoms with Crippen LogP contribution in [0, 0.1) is 0 Å². The second kappa shape index (κ2) is 5.40. The van der Waals surface area contributed by atoms with Gasteiger partial charge in [0.25, 0.3) is 5.91 Å². The number of nitrogens with one attached hydrogen (secondary N) is 1. The quantitative estimate of drug-likeness (QED) is 0.638. The smallest absolute Gasteiger partial charge is 0.275 e. The number of hydrogen-bond donors (Lipinski definition) is 1. The highest BCUT2D eigenvalue weighted by Crippen LogP contribution is 2.09. The van der Waals surface area contributed by atoms with Crippen LogP contribution in [0.15, 0.2) is 6.20 Å². The predicted octanol–water partition coefficient (Wildman–Crippen LogP) is -2.86. The first-order chi connectivity index (χ1) is 9.02. The summed E-state index contributed by atoms with van der Waals surface area (Å²) < 4.78 is 1.33. The third-order valence-electron chi connectivity index (χ3n) is 3.51. The summed E-state index contributed by atoms with van der Waals surface area (Å²) in [4.78, 5) is 26.4. The fourth-order valence-corrected chi connectivity index (χ4v) is 2.33. The number of carboxylic acids is 1. The lowest BCUT2D eigenvalue weighted by atomic mass is 10.2. The van der Waals surface area contributed by atoms with Crippen LogP contribution < -0.4 is 10.0 Å². The van der Waals surface area contributed by atoms with Crippen molar-refractivity contribution in [2.75, 3.05) is 32.7 Å². The van der Waals surface area contributed by atoms with Gasteiger partial charge in [-0.3, -0.25) is 9.48 Å². The number of aromatic nitrogens is 2. The number of carbonyl (C=O) groups is 2. The molecule has 1 N–H and O–H groups in total. The molecule has 1 aliphatic rings. The van der Waals surface area contributed by atoms with E-state index in [4.69, 9.17) is 0 Å². The van der Waals surface area contributed by atoms with Gasteiger partial charge in [-0.25, -0.2) is 0 Å². The zero-order valence-electron chi connectivity index (χ0n) is 11.2. The van der Waals surface area contributed by atoms with Crippen molar-refractivity contribution in [2.45, 2.75) is 6.92 Å². The summed E-state index contributed by atoms with van der Waals surface area (Å²) >= 11 is 0. The molecule has 0 radical (unpaired) electrons. The van der Waals surface area contributed by atoms with Gasteiger partial charge in [0.15, 0.2) is 5.69 Å². The van der Waals surface area contributed by atoms with Crippen molar-refractivity contribution in [3.63, 3.8) is 0 Å². The van der Waals surface area contributed by atoms with Gasteiger partial charge in [0.2, 0.25) is 0 Å². The fourth-order valence-electron chi connectivity index (χ4n) is 2.33. The summed E-state index contributed by atoms with van der Waals surface area (Å²) in [6.07, 6.45) is 1.30. The maximum absolute atomic E-state index is 12.3. The molecule has 1 saturated heterocycles. The molecule has 1 aromatic heterocycles. The van der Waals surface area contributed by atoms with Crippen LogP contribution in [0.4, 0.5) is 0 Å². The number of piperazine rings is 1. The van der Waals surface area contributed by atoms with Crippen molar-refractivity contribution in [1.29, 1.82) is 0 Å². The SMILES string of the molecule is CC[NH+]1CCN(C(=O)c2nn(C)cc2C(=O)[O-])CC1. The van der Waals surface area contributed by atoms with Gasteiger partial charge < -0.3 is 19.7 Å². The van der Waals surface area contributed by atoms with E-state index in [1.807, 2.05) is 0 Å². The molecule has 1 aromatic rings. The van der Waals surface area contributed by atoms with E-state index in [1.54, 1.807) is 11.9 Å². The molecule has 2 heterocycles. The third kappa shape index (κ3) is 2.76. The molecule has 1 aliphatic heterocycles. The molecule has 0 saturated carbocycles. The van der Waals surface area contributed by atoms with Crippen molar-refractivity contribution in [3.8, 4) is 0 Å². The minimum atomic E-state index is -1.37. The van der Waals surface area contributed by atoms with Crippen LogP contribution in [0.3, 0.4) is 0 Å². The number of aromatic carboxylic acids is 1. The summed E-state index contributed by atoms with van der Waals surface area (Å²) in [5.74, 6) is -1.69. The van der Waals surface area contributed by atoms with Gasteiger partial charge in [-0.05, 0) is 6.92 Å². The number of hydrogen-bond acceptors (Lipinski definition) is 4. The molecule has 0 atom stereocenters. The van der Waals surface area contributed by atoms with Crippen LogP contribution in [0.1, 0.15) is 27.8 Å². The zero-order valence-corrected chi connectivity index (χ0v) is 11.2. The van der Waals surface area contributed by atoms with Crippen molar-refractivity contribution < 1.29 is 19.6 Å². The minimum Gasteiger partial charge on any atom is -0.545 e. The van der Waals surface area contributed by atoms with Crippen molar-refractivity contribution >= 4 is 11.9 Å². The Morgan fingerprint density at radius 3 is 2.58 bits per heavy atom. The Kier molecular flexibility index (Phi) is 3.84. The van der Waals surface area contributed by atoms with Gasteiger partial charge in [0.05, 0.1) is 38.7 Å². The van der Waals surface area contributed by atoms with E-state index in [0.29, 0.717) is 13.1 Å². The van der Waals surface area contributed by atoms with Crippen LogP contribution in [0.25, 0.3) is 0 Å². The molecule has 0 aromatic carbocycles. The van der Waals surface area contributed by atoms with E-state index in [-0.39, 0.29) is 17.2 Å². The highest BCUT2D eigenvalue weighted by atomic mass is 16.4. The van der Waals surface area contributed by atoms with E-state index in [2.05, 4.69) is 12.0 Å². The first kappa shape index (κ1) is 13.5. The summed E-state index contributed by atoms with van der Waals surface area (Å²) in [7, 11) is 1.59. The van der Waals surface area contributed by atoms with Gasteiger partial charge in [-0.2, -0.15) is 5.10 Å². The second-order valence-corrected chi connectivity index (χ2v) is 4.75. The lowest BCUT2D eigenvalue weighted by Crippen LogP contribution is -3.14. The van der Waals surface area contributed by atoms with Crippen molar-refractivity contribution in [3.05, 3.63) is 17.5 Å². The topological polar surface area (TPSA) is 82.7 Å². The van der Waals surface area contributed by atoms with Crippen LogP contribution in [0.2, 0.25) is 0 Å². The van der Waals surface area contributed by atoms with Crippen molar-refractivity contribution in [2.24, 2.45) is 7.05 Å². The van der Waals surface area contributed by atoms with Crippen LogP contribution in [-0.2, 0) is 7.05 Å². The van der Waals surface area contributed by atoms with E-state index < -0.39 is 5.97 Å². The largest absolute Gasteiger partial charge is 0.545 e. The number of carboxylic acid groups (broad SMARTS) is 1. The molecule has 1 fully saturated rings. The molecule has 0 spiro atoms. The van der Waals surface area contributed by atoms with Crippen LogP contribution >= 0.6 is 0 Å². The predicted molar refractivity (Wildman–Crippen MR) is 64.7 cm³/mol. The lowest BCUT2D eigenvalue weighted by Gasteiger charge is -2.31. The number of amides is 1. The minimum absolute atomic E-state index is 0.0255. The van der Waals surface area contributed by atoms with Gasteiger partial charge in [0.1, 0.15) is 0 Å². The number of carbonyl (C=O) groups excluding carboxylic acids is 2. The normalized spacial score (nSPS) is 16.6. The summed E-state index contributed by atoms with van der Waals surface area (Å²) in [6.45, 7) is 6.18. The average Bonchev–Trinajstić information content (AvgIpc) is 2.80. The van der Waals surface area contributed by atoms with E-state index in [1.165, 1.54) is 15.8 Å². The Morgan fingerprint density at radius 1 is 1.42 bits per heavy atom. The Hall–Kier alpha value is -1.89. The standard InChI is InChI=1S/C12H18N4O3/c1-3-15-4-6-16(7-5-15)11(17)10-9(12(18)19)8-14(2)13-10/h8H,3-7H2,1-2H3,(H,18,19). The summed E-state index contributed by atoms with van der Waals surface area (Å²) in [5.41, 5.74) is -0.166. The maximum Gasteiger partial charge on any atom is 0.275 e. The van der Waals surface area contributed by atoms with Gasteiger partial charge >= 0.3 is 0 Å². The lowest BCUT2D eigenvalue weighted by molar-refractivity contribution is -0.902. The van der Waals surface area contributed by atoms with Gasteiger partial charge in [0, 0.05) is 18.8 Å². The van der Waals surface area contributed by atoms with E-state index >= 15 is 0 Å². The molecule has 0 aliphatic carbocycles. The Morgan fingerprint density at radius 2 is 2.05 bits per heavy atom. The molecule has 0 bridgehead atoms. The molecule has 19 heavy (non-hydrogen) atoms. The Labute approximate surface area is 111 Å². The fraction of sp³-hybridized carbons (Fsp3) is 0.583. The molecule has 7 heteroatoms. The summed E-state index contributed by atoms with van der Waals surface area (Å²) in [5, 5.41) is 14.9. The van der Waals surface area contributed by atoms with Crippen molar-refractivity contribution in [1.82, 2.24) is 14.7 Å². The second-order valence-electron chi connectivity index (χ2n) is 4.75. The molecule has 104 valence electrons. The number of nitrogens with zero attached hydrogens (tertiary/aromatic N) is 3. The number of quaternary nitrogens is 1. The van der Waals surface area contributed by atoms with Gasteiger partial charge in [-0.1, -0.05) is 0 Å². The zero-order chi connectivity index (χ0) is 14.0. The molecular formula is C12H18N4O3. The Bertz CT molecular complexity index is 489. The highest BCUT2D eigenvalue weighted by Gasteiger charge is 2.27. The van der Waals surface area contributed by atoms with Crippen LogP contribution in [-0.4, -0.2) is 59.3 Å². The molecule has 2 rings (SSSR count). The van der Waals surface area contributed by atoms with E-state index in [0.717, 1.165) is 19.6 Å². The number of aryl methyl sites for hydroxylation is 1. The summed E-state index contributed by atoms with van der Waals surface area (Å²) in [6, 6.07) is 0. The van der Waals surface area contributed by atoms with Gasteiger partial charge in [-0.15, -0.1) is 0 Å². The Balaban J connectivity index is 2.14. The first-order valence-electron chi connectivity index (χ1n) is 6.40. The third-order valence-corrected chi connectivity index (χ3v) is 3.51. The highest BCUT2D eigenvalue weighted by molar-refractivity contribution is 6.02. The molecular weight excluding hydrogens is 248 g/mol. The number of likely N-dealkylation sites (N-methyl/N-ethyl adjacent to an activating group) is 1. The van der Waals surface area contributed by atoms with E-state index in [9.17, 15) is 14.7 Å². The monoisotopic (exact) mass is 266 g/mol. The maximum atomic E-state index is 12.3. The molecule has 7 nitrogen and oxygen atoms in total. The average molecular weight is 266 g/mol. The molecule has 1 amide bonds. The number of rotatable bonds is 3. The first-order valence-corrected chi connectivity index (χ1v) is 6.40. The van der Waals surface area contributed by atoms with Crippen LogP contribution in [0.5, 0.6) is 0 Å².